The zero-order valence-electron chi connectivity index (χ0n) is 11.8. The van der Waals surface area contributed by atoms with Crippen LogP contribution in [-0.4, -0.2) is 35.3 Å². The van der Waals surface area contributed by atoms with Crippen LogP contribution in [0.2, 0.25) is 0 Å². The number of nitrogens with one attached hydrogen (secondary N) is 2. The molecule has 0 spiro atoms. The zero-order chi connectivity index (χ0) is 15.4. The molecular weight excluding hydrogens is 305 g/mol. The van der Waals surface area contributed by atoms with Gasteiger partial charge in [-0.15, -0.1) is 5.10 Å². The number of carbonyl (C=O) groups excluding carboxylic acids is 1. The van der Waals surface area contributed by atoms with Crippen LogP contribution >= 0.6 is 11.5 Å². The van der Waals surface area contributed by atoms with Crippen molar-refractivity contribution in [2.45, 2.75) is 6.42 Å². The number of carbonyl (C=O) groups is 1. The summed E-state index contributed by atoms with van der Waals surface area (Å²) in [7, 11) is 0. The molecule has 1 saturated heterocycles. The first-order valence-corrected chi connectivity index (χ1v) is 7.81. The minimum absolute atomic E-state index is 0.226. The molecule has 1 aromatic carbocycles. The number of hydrogen-bond acceptors (Lipinski definition) is 5. The molecule has 0 saturated carbocycles. The Balaban J connectivity index is 1.45. The maximum atomic E-state index is 12.9. The normalized spacial score (nSPS) is 17.5. The summed E-state index contributed by atoms with van der Waals surface area (Å²) in [5.74, 6) is 0.158. The van der Waals surface area contributed by atoms with Gasteiger partial charge in [0.2, 0.25) is 0 Å². The van der Waals surface area contributed by atoms with Crippen LogP contribution in [0.5, 0.6) is 0 Å². The highest BCUT2D eigenvalue weighted by molar-refractivity contribution is 7.10. The molecule has 0 bridgehead atoms. The zero-order valence-corrected chi connectivity index (χ0v) is 12.6. The van der Waals surface area contributed by atoms with Gasteiger partial charge in [0.05, 0.1) is 6.20 Å². The van der Waals surface area contributed by atoms with Crippen LogP contribution in [0.3, 0.4) is 0 Å². The number of amides is 2. The highest BCUT2D eigenvalue weighted by atomic mass is 32.1. The fourth-order valence-corrected chi connectivity index (χ4v) is 2.92. The smallest absolute Gasteiger partial charge is 0.319 e. The average molecular weight is 321 g/mol. The van der Waals surface area contributed by atoms with Gasteiger partial charge in [0, 0.05) is 36.9 Å². The SMILES string of the molecule is O=C(NC[C@@H]1CCN(c2ccc(F)cc2)C1)Nc1cnns1. The molecule has 2 N–H and O–H groups in total. The Kier molecular flexibility index (Phi) is 4.47. The molecule has 1 fully saturated rings. The summed E-state index contributed by atoms with van der Waals surface area (Å²) in [5, 5.41) is 9.82. The Morgan fingerprint density at radius 1 is 1.41 bits per heavy atom. The van der Waals surface area contributed by atoms with Gasteiger partial charge in [0.25, 0.3) is 0 Å². The second-order valence-corrected chi connectivity index (χ2v) is 5.98. The van der Waals surface area contributed by atoms with Crippen LogP contribution in [0.15, 0.2) is 30.5 Å². The second-order valence-electron chi connectivity index (χ2n) is 5.19. The van der Waals surface area contributed by atoms with Crippen molar-refractivity contribution in [1.82, 2.24) is 14.9 Å². The molecular formula is C14H16FN5OS. The van der Waals surface area contributed by atoms with Gasteiger partial charge >= 0.3 is 6.03 Å². The third-order valence-corrected chi connectivity index (χ3v) is 4.21. The molecule has 0 radical (unpaired) electrons. The maximum Gasteiger partial charge on any atom is 0.319 e. The lowest BCUT2D eigenvalue weighted by Crippen LogP contribution is -2.34. The highest BCUT2D eigenvalue weighted by Gasteiger charge is 2.23. The molecule has 6 nitrogen and oxygen atoms in total. The van der Waals surface area contributed by atoms with E-state index in [1.807, 2.05) is 0 Å². The molecule has 3 rings (SSSR count). The summed E-state index contributed by atoms with van der Waals surface area (Å²) in [4.78, 5) is 13.9. The molecule has 8 heteroatoms. The monoisotopic (exact) mass is 321 g/mol. The summed E-state index contributed by atoms with van der Waals surface area (Å²) in [6.45, 7) is 2.38. The van der Waals surface area contributed by atoms with Crippen LogP contribution in [0, 0.1) is 11.7 Å². The molecule has 0 aliphatic carbocycles. The number of halogens is 1. The summed E-state index contributed by atoms with van der Waals surface area (Å²) in [5.41, 5.74) is 1.02. The number of aromatic nitrogens is 2. The third-order valence-electron chi connectivity index (χ3n) is 3.63. The van der Waals surface area contributed by atoms with E-state index in [9.17, 15) is 9.18 Å². The lowest BCUT2D eigenvalue weighted by atomic mass is 10.1. The molecule has 1 aliphatic heterocycles. The summed E-state index contributed by atoms with van der Waals surface area (Å²) < 4.78 is 16.6. The minimum atomic E-state index is -0.244. The number of urea groups is 1. The molecule has 0 unspecified atom stereocenters. The van der Waals surface area contributed by atoms with Crippen LogP contribution in [0.4, 0.5) is 19.9 Å². The van der Waals surface area contributed by atoms with E-state index in [1.165, 1.54) is 18.3 Å². The molecule has 1 aromatic heterocycles. The van der Waals surface area contributed by atoms with Gasteiger partial charge in [0.1, 0.15) is 10.8 Å². The minimum Gasteiger partial charge on any atom is -0.371 e. The molecule has 2 amide bonds. The van der Waals surface area contributed by atoms with E-state index in [4.69, 9.17) is 0 Å². The van der Waals surface area contributed by atoms with Crippen molar-refractivity contribution < 1.29 is 9.18 Å². The van der Waals surface area contributed by atoms with Crippen LogP contribution < -0.4 is 15.5 Å². The van der Waals surface area contributed by atoms with Gasteiger partial charge in [-0.2, -0.15) is 0 Å². The summed E-state index contributed by atoms with van der Waals surface area (Å²) in [6.07, 6.45) is 2.51. The number of hydrogen-bond donors (Lipinski definition) is 2. The van der Waals surface area contributed by atoms with Crippen LogP contribution in [-0.2, 0) is 0 Å². The number of rotatable bonds is 4. The van der Waals surface area contributed by atoms with Crippen molar-refractivity contribution in [3.63, 3.8) is 0 Å². The predicted octanol–water partition coefficient (Wildman–Crippen LogP) is 2.33. The van der Waals surface area contributed by atoms with Crippen molar-refractivity contribution >= 4 is 28.3 Å². The first-order chi connectivity index (χ1) is 10.7. The van der Waals surface area contributed by atoms with Crippen LogP contribution in [0.25, 0.3) is 0 Å². The standard InChI is InChI=1S/C14H16FN5OS/c15-11-1-3-12(4-2-11)20-6-5-10(9-20)7-16-14(21)18-13-8-17-19-22-13/h1-4,8,10H,5-7,9H2,(H2,16,18,21)/t10-/m0/s1. The van der Waals surface area contributed by atoms with Crippen LogP contribution in [0.1, 0.15) is 6.42 Å². The van der Waals surface area contributed by atoms with Gasteiger partial charge in [-0.05, 0) is 36.6 Å². The Labute approximate surface area is 131 Å². The first kappa shape index (κ1) is 14.7. The quantitative estimate of drug-likeness (QED) is 0.907. The topological polar surface area (TPSA) is 70.2 Å². The lowest BCUT2D eigenvalue weighted by Gasteiger charge is -2.18. The number of benzene rings is 1. The molecule has 1 atom stereocenters. The van der Waals surface area contributed by atoms with E-state index in [2.05, 4.69) is 25.1 Å². The lowest BCUT2D eigenvalue weighted by molar-refractivity contribution is 0.250. The second kappa shape index (κ2) is 6.69. The summed E-state index contributed by atoms with van der Waals surface area (Å²) >= 11 is 1.14. The molecule has 22 heavy (non-hydrogen) atoms. The van der Waals surface area contributed by atoms with Crippen molar-refractivity contribution in [2.24, 2.45) is 5.92 Å². The van der Waals surface area contributed by atoms with Gasteiger partial charge in [-0.1, -0.05) is 4.49 Å². The maximum absolute atomic E-state index is 12.9. The van der Waals surface area contributed by atoms with E-state index < -0.39 is 0 Å². The van der Waals surface area contributed by atoms with Crippen molar-refractivity contribution in [3.05, 3.63) is 36.3 Å². The van der Waals surface area contributed by atoms with E-state index in [0.29, 0.717) is 17.5 Å². The largest absolute Gasteiger partial charge is 0.371 e. The highest BCUT2D eigenvalue weighted by Crippen LogP contribution is 2.23. The Morgan fingerprint density at radius 2 is 2.23 bits per heavy atom. The Morgan fingerprint density at radius 3 is 2.95 bits per heavy atom. The average Bonchev–Trinajstić information content (AvgIpc) is 3.17. The number of anilines is 2. The van der Waals surface area contributed by atoms with Crippen molar-refractivity contribution in [3.8, 4) is 0 Å². The fourth-order valence-electron chi connectivity index (χ4n) is 2.50. The Hall–Kier alpha value is -2.22. The van der Waals surface area contributed by atoms with E-state index in [1.54, 1.807) is 12.1 Å². The third kappa shape index (κ3) is 3.70. The van der Waals surface area contributed by atoms with Gasteiger partial charge in [0.15, 0.2) is 0 Å². The van der Waals surface area contributed by atoms with Gasteiger partial charge in [-0.3, -0.25) is 5.32 Å². The predicted molar refractivity (Wildman–Crippen MR) is 83.7 cm³/mol. The molecule has 1 aliphatic rings. The summed E-state index contributed by atoms with van der Waals surface area (Å²) in [6, 6.07) is 6.27. The molecule has 116 valence electrons. The van der Waals surface area contributed by atoms with E-state index in [0.717, 1.165) is 36.7 Å². The molecule has 2 aromatic rings. The first-order valence-electron chi connectivity index (χ1n) is 7.03. The van der Waals surface area contributed by atoms with Gasteiger partial charge in [-0.25, -0.2) is 9.18 Å². The van der Waals surface area contributed by atoms with E-state index in [-0.39, 0.29) is 11.8 Å². The van der Waals surface area contributed by atoms with E-state index >= 15 is 0 Å². The fraction of sp³-hybridized carbons (Fsp3) is 0.357. The molecule has 2 heterocycles. The van der Waals surface area contributed by atoms with Crippen molar-refractivity contribution in [2.75, 3.05) is 29.9 Å². The number of nitrogens with zero attached hydrogens (tertiary/aromatic N) is 3. The van der Waals surface area contributed by atoms with Gasteiger partial charge < -0.3 is 10.2 Å². The Bertz CT molecular complexity index is 619. The van der Waals surface area contributed by atoms with Crippen molar-refractivity contribution in [1.29, 1.82) is 0 Å².